The first kappa shape index (κ1) is 12.5. The average molecular weight is 215 g/mol. The number of ether oxygens (including phenoxy) is 2. The third-order valence-corrected chi connectivity index (χ3v) is 3.53. The molecule has 1 fully saturated rings. The zero-order valence-electron chi connectivity index (χ0n) is 9.84. The van der Waals surface area contributed by atoms with E-state index in [0.717, 1.165) is 12.8 Å². The Labute approximate surface area is 91.1 Å². The molecule has 88 valence electrons. The van der Waals surface area contributed by atoms with Gasteiger partial charge >= 0.3 is 5.97 Å². The Morgan fingerprint density at radius 1 is 1.47 bits per heavy atom. The van der Waals surface area contributed by atoms with Crippen molar-refractivity contribution in [2.75, 3.05) is 20.3 Å². The molecule has 2 N–H and O–H groups in total. The minimum Gasteiger partial charge on any atom is -0.469 e. The van der Waals surface area contributed by atoms with Gasteiger partial charge in [-0.15, -0.1) is 0 Å². The molecule has 1 aliphatic heterocycles. The minimum atomic E-state index is -0.384. The van der Waals surface area contributed by atoms with E-state index in [1.807, 2.05) is 13.8 Å². The van der Waals surface area contributed by atoms with Gasteiger partial charge in [-0.1, -0.05) is 0 Å². The van der Waals surface area contributed by atoms with Crippen molar-refractivity contribution in [1.29, 1.82) is 0 Å². The van der Waals surface area contributed by atoms with E-state index in [9.17, 15) is 4.79 Å². The third kappa shape index (κ3) is 2.69. The maximum Gasteiger partial charge on any atom is 0.306 e. The van der Waals surface area contributed by atoms with Crippen molar-refractivity contribution in [2.24, 2.45) is 11.1 Å². The number of carbonyl (C=O) groups is 1. The lowest BCUT2D eigenvalue weighted by molar-refractivity contribution is -0.147. The summed E-state index contributed by atoms with van der Waals surface area (Å²) in [6.07, 6.45) is 2.04. The molecule has 0 spiro atoms. The molecule has 0 aromatic carbocycles. The lowest BCUT2D eigenvalue weighted by Crippen LogP contribution is -2.54. The van der Waals surface area contributed by atoms with E-state index in [0.29, 0.717) is 19.6 Å². The molecule has 1 rings (SSSR count). The van der Waals surface area contributed by atoms with Gasteiger partial charge in [0.15, 0.2) is 0 Å². The lowest BCUT2D eigenvalue weighted by atomic mass is 9.65. The van der Waals surface area contributed by atoms with Gasteiger partial charge in [0.05, 0.1) is 13.5 Å². The number of esters is 1. The first-order valence-electron chi connectivity index (χ1n) is 5.35. The summed E-state index contributed by atoms with van der Waals surface area (Å²) in [6.45, 7) is 5.30. The van der Waals surface area contributed by atoms with Crippen molar-refractivity contribution in [3.63, 3.8) is 0 Å². The van der Waals surface area contributed by atoms with Crippen LogP contribution in [0.3, 0.4) is 0 Å². The Morgan fingerprint density at radius 3 is 2.40 bits per heavy atom. The fraction of sp³-hybridized carbons (Fsp3) is 0.909. The van der Waals surface area contributed by atoms with Gasteiger partial charge < -0.3 is 15.2 Å². The molecule has 4 heteroatoms. The maximum absolute atomic E-state index is 11.4. The molecule has 0 aliphatic carbocycles. The highest BCUT2D eigenvalue weighted by atomic mass is 16.5. The minimum absolute atomic E-state index is 0.182. The summed E-state index contributed by atoms with van der Waals surface area (Å²) in [6, 6.07) is 0. The van der Waals surface area contributed by atoms with Crippen LogP contribution in [0.4, 0.5) is 0 Å². The highest BCUT2D eigenvalue weighted by Crippen LogP contribution is 2.42. The van der Waals surface area contributed by atoms with Gasteiger partial charge in [-0.05, 0) is 26.7 Å². The molecule has 15 heavy (non-hydrogen) atoms. The van der Waals surface area contributed by atoms with Crippen molar-refractivity contribution in [3.05, 3.63) is 0 Å². The highest BCUT2D eigenvalue weighted by Gasteiger charge is 2.45. The molecule has 0 aromatic heterocycles. The molecule has 4 nitrogen and oxygen atoms in total. The van der Waals surface area contributed by atoms with Crippen molar-refractivity contribution in [1.82, 2.24) is 0 Å². The molecule has 0 atom stereocenters. The second-order valence-corrected chi connectivity index (χ2v) is 4.87. The Bertz CT molecular complexity index is 226. The molecule has 1 saturated heterocycles. The summed E-state index contributed by atoms with van der Waals surface area (Å²) in [5.74, 6) is -0.185. The van der Waals surface area contributed by atoms with E-state index in [1.165, 1.54) is 7.11 Å². The van der Waals surface area contributed by atoms with Crippen LogP contribution >= 0.6 is 0 Å². The summed E-state index contributed by atoms with van der Waals surface area (Å²) in [5, 5.41) is 0. The molecule has 1 aliphatic rings. The van der Waals surface area contributed by atoms with E-state index in [1.54, 1.807) is 0 Å². The molecule has 0 radical (unpaired) electrons. The standard InChI is InChI=1S/C11H21NO3/c1-10(2,12)11(8-9(13)14-3)4-6-15-7-5-11/h4-8,12H2,1-3H3. The van der Waals surface area contributed by atoms with E-state index < -0.39 is 0 Å². The van der Waals surface area contributed by atoms with E-state index in [-0.39, 0.29) is 16.9 Å². The SMILES string of the molecule is COC(=O)CC1(C(C)(C)N)CCOCC1. The van der Waals surface area contributed by atoms with Gasteiger partial charge in [0.1, 0.15) is 0 Å². The van der Waals surface area contributed by atoms with Gasteiger partial charge in [0.2, 0.25) is 0 Å². The van der Waals surface area contributed by atoms with Crippen molar-refractivity contribution < 1.29 is 14.3 Å². The topological polar surface area (TPSA) is 61.5 Å². The molecule has 0 aromatic rings. The van der Waals surface area contributed by atoms with Gasteiger partial charge in [0.25, 0.3) is 0 Å². The van der Waals surface area contributed by atoms with Crippen LogP contribution in [0.1, 0.15) is 33.1 Å². The molecule has 0 amide bonds. The maximum atomic E-state index is 11.4. The first-order valence-corrected chi connectivity index (χ1v) is 5.35. The zero-order valence-corrected chi connectivity index (χ0v) is 9.84. The number of methoxy groups -OCH3 is 1. The number of rotatable bonds is 3. The van der Waals surface area contributed by atoms with Crippen molar-refractivity contribution in [2.45, 2.75) is 38.6 Å². The number of nitrogens with two attached hydrogens (primary N) is 1. The molecule has 0 unspecified atom stereocenters. The smallest absolute Gasteiger partial charge is 0.306 e. The van der Waals surface area contributed by atoms with Crippen LogP contribution in [0.25, 0.3) is 0 Å². The van der Waals surface area contributed by atoms with E-state index >= 15 is 0 Å². The summed E-state index contributed by atoms with van der Waals surface area (Å²) in [5.41, 5.74) is 5.62. The quantitative estimate of drug-likeness (QED) is 0.716. The van der Waals surface area contributed by atoms with Gasteiger partial charge in [0, 0.05) is 24.2 Å². The van der Waals surface area contributed by atoms with Crippen LogP contribution in [0.15, 0.2) is 0 Å². The zero-order chi connectivity index (χ0) is 11.5. The van der Waals surface area contributed by atoms with E-state index in [4.69, 9.17) is 15.2 Å². The molecule has 1 heterocycles. The van der Waals surface area contributed by atoms with Crippen LogP contribution in [0.5, 0.6) is 0 Å². The second-order valence-electron chi connectivity index (χ2n) is 4.87. The van der Waals surface area contributed by atoms with Gasteiger partial charge in [-0.25, -0.2) is 0 Å². The Kier molecular flexibility index (Phi) is 3.73. The Morgan fingerprint density at radius 2 is 2.00 bits per heavy atom. The van der Waals surface area contributed by atoms with Crippen molar-refractivity contribution in [3.8, 4) is 0 Å². The van der Waals surface area contributed by atoms with Gasteiger partial charge in [-0.3, -0.25) is 4.79 Å². The summed E-state index contributed by atoms with van der Waals surface area (Å²) >= 11 is 0. The van der Waals surface area contributed by atoms with Crippen LogP contribution in [0.2, 0.25) is 0 Å². The van der Waals surface area contributed by atoms with E-state index in [2.05, 4.69) is 0 Å². The number of carbonyl (C=O) groups excluding carboxylic acids is 1. The largest absolute Gasteiger partial charge is 0.469 e. The van der Waals surface area contributed by atoms with Crippen molar-refractivity contribution >= 4 is 5.97 Å². The third-order valence-electron chi connectivity index (χ3n) is 3.53. The van der Waals surface area contributed by atoms with Crippen LogP contribution in [0, 0.1) is 5.41 Å². The second kappa shape index (κ2) is 4.49. The predicted octanol–water partition coefficient (Wildman–Crippen LogP) is 1.08. The fourth-order valence-electron chi connectivity index (χ4n) is 2.16. The molecular weight excluding hydrogens is 194 g/mol. The molecule has 0 bridgehead atoms. The highest BCUT2D eigenvalue weighted by molar-refractivity contribution is 5.70. The summed E-state index contributed by atoms with van der Waals surface area (Å²) in [4.78, 5) is 11.4. The number of hydrogen-bond donors (Lipinski definition) is 1. The van der Waals surface area contributed by atoms with Crippen LogP contribution < -0.4 is 5.73 Å². The molecule has 0 saturated carbocycles. The monoisotopic (exact) mass is 215 g/mol. The lowest BCUT2D eigenvalue weighted by Gasteiger charge is -2.46. The average Bonchev–Trinajstić information content (AvgIpc) is 2.17. The summed E-state index contributed by atoms with van der Waals surface area (Å²) < 4.78 is 10.1. The molecular formula is C11H21NO3. The normalized spacial score (nSPS) is 21.1. The van der Waals surface area contributed by atoms with Crippen LogP contribution in [-0.2, 0) is 14.3 Å². The Hall–Kier alpha value is -0.610. The first-order chi connectivity index (χ1) is 6.91. The number of hydrogen-bond acceptors (Lipinski definition) is 4. The Balaban J connectivity index is 2.80. The van der Waals surface area contributed by atoms with Crippen LogP contribution in [-0.4, -0.2) is 31.8 Å². The fourth-order valence-corrected chi connectivity index (χ4v) is 2.16. The predicted molar refractivity (Wildman–Crippen MR) is 57.4 cm³/mol. The van der Waals surface area contributed by atoms with Gasteiger partial charge in [-0.2, -0.15) is 0 Å². The summed E-state index contributed by atoms with van der Waals surface area (Å²) in [7, 11) is 1.42.